The summed E-state index contributed by atoms with van der Waals surface area (Å²) in [5.74, 6) is 0.481. The SMILES string of the molecule is Cc1cc(-n2c(C)cc(/C=C/C(=O)O)c2C)no1. The molecule has 0 saturated carbocycles. The zero-order valence-electron chi connectivity index (χ0n) is 10.5. The maximum absolute atomic E-state index is 10.5. The van der Waals surface area contributed by atoms with Crippen LogP contribution in [0.1, 0.15) is 22.7 Å². The van der Waals surface area contributed by atoms with Crippen molar-refractivity contribution in [3.63, 3.8) is 0 Å². The summed E-state index contributed by atoms with van der Waals surface area (Å²) in [7, 11) is 0. The molecule has 0 aliphatic heterocycles. The van der Waals surface area contributed by atoms with E-state index in [0.29, 0.717) is 5.82 Å². The molecule has 94 valence electrons. The molecule has 2 heterocycles. The van der Waals surface area contributed by atoms with Crippen LogP contribution in [0.5, 0.6) is 0 Å². The van der Waals surface area contributed by atoms with Gasteiger partial charge in [0.05, 0.1) is 0 Å². The predicted molar refractivity (Wildman–Crippen MR) is 66.7 cm³/mol. The molecule has 0 atom stereocenters. The Balaban J connectivity index is 2.47. The number of nitrogens with zero attached hydrogens (tertiary/aromatic N) is 2. The van der Waals surface area contributed by atoms with Gasteiger partial charge in [-0.3, -0.25) is 4.57 Å². The molecule has 5 nitrogen and oxygen atoms in total. The number of aromatic nitrogens is 2. The molecule has 0 aromatic carbocycles. The van der Waals surface area contributed by atoms with Crippen molar-refractivity contribution in [1.82, 2.24) is 9.72 Å². The number of aliphatic carboxylic acids is 1. The average molecular weight is 246 g/mol. The van der Waals surface area contributed by atoms with Crippen LogP contribution < -0.4 is 0 Å². The summed E-state index contributed by atoms with van der Waals surface area (Å²) in [5.41, 5.74) is 2.76. The van der Waals surface area contributed by atoms with E-state index in [2.05, 4.69) is 5.16 Å². The monoisotopic (exact) mass is 246 g/mol. The van der Waals surface area contributed by atoms with Crippen LogP contribution in [0.2, 0.25) is 0 Å². The lowest BCUT2D eigenvalue weighted by Crippen LogP contribution is -1.99. The molecule has 5 heteroatoms. The lowest BCUT2D eigenvalue weighted by atomic mass is 10.2. The molecule has 0 amide bonds. The van der Waals surface area contributed by atoms with Crippen molar-refractivity contribution in [2.75, 3.05) is 0 Å². The Labute approximate surface area is 104 Å². The minimum Gasteiger partial charge on any atom is -0.478 e. The molecule has 2 aromatic heterocycles. The third-order valence-electron chi connectivity index (χ3n) is 2.72. The summed E-state index contributed by atoms with van der Waals surface area (Å²) in [4.78, 5) is 10.5. The van der Waals surface area contributed by atoms with Gasteiger partial charge in [-0.2, -0.15) is 0 Å². The molecule has 0 radical (unpaired) electrons. The molecule has 18 heavy (non-hydrogen) atoms. The van der Waals surface area contributed by atoms with Gasteiger partial charge in [-0.15, -0.1) is 0 Å². The summed E-state index contributed by atoms with van der Waals surface area (Å²) in [6, 6.07) is 3.75. The van der Waals surface area contributed by atoms with Gasteiger partial charge in [-0.05, 0) is 38.5 Å². The van der Waals surface area contributed by atoms with Crippen molar-refractivity contribution in [3.05, 3.63) is 40.9 Å². The van der Waals surface area contributed by atoms with Crippen LogP contribution in [-0.4, -0.2) is 20.8 Å². The first kappa shape index (κ1) is 12.2. The van der Waals surface area contributed by atoms with Crippen molar-refractivity contribution < 1.29 is 14.4 Å². The number of hydrogen-bond acceptors (Lipinski definition) is 3. The molecule has 2 aromatic rings. The predicted octanol–water partition coefficient (Wildman–Crippen LogP) is 2.49. The van der Waals surface area contributed by atoms with E-state index in [0.717, 1.165) is 28.8 Å². The smallest absolute Gasteiger partial charge is 0.328 e. The minimum atomic E-state index is -0.961. The summed E-state index contributed by atoms with van der Waals surface area (Å²) >= 11 is 0. The highest BCUT2D eigenvalue weighted by atomic mass is 16.5. The third-order valence-corrected chi connectivity index (χ3v) is 2.72. The first-order valence-electron chi connectivity index (χ1n) is 5.52. The van der Waals surface area contributed by atoms with Crippen LogP contribution in [0.3, 0.4) is 0 Å². The maximum Gasteiger partial charge on any atom is 0.328 e. The fraction of sp³-hybridized carbons (Fsp3) is 0.231. The highest BCUT2D eigenvalue weighted by Crippen LogP contribution is 2.21. The number of aryl methyl sites for hydroxylation is 2. The van der Waals surface area contributed by atoms with Gasteiger partial charge in [-0.25, -0.2) is 4.79 Å². The van der Waals surface area contributed by atoms with E-state index in [9.17, 15) is 4.79 Å². The second kappa shape index (κ2) is 4.52. The van der Waals surface area contributed by atoms with Gasteiger partial charge < -0.3 is 9.63 Å². The van der Waals surface area contributed by atoms with E-state index in [4.69, 9.17) is 9.63 Å². The summed E-state index contributed by atoms with van der Waals surface area (Å²) in [6.45, 7) is 5.68. The number of carbonyl (C=O) groups is 1. The van der Waals surface area contributed by atoms with Gasteiger partial charge in [0.15, 0.2) is 5.82 Å². The lowest BCUT2D eigenvalue weighted by Gasteiger charge is -2.03. The minimum absolute atomic E-state index is 0.706. The molecule has 1 N–H and O–H groups in total. The topological polar surface area (TPSA) is 68.3 Å². The Morgan fingerprint density at radius 1 is 1.39 bits per heavy atom. The Morgan fingerprint density at radius 3 is 2.67 bits per heavy atom. The van der Waals surface area contributed by atoms with Gasteiger partial charge in [0.1, 0.15) is 5.76 Å². The largest absolute Gasteiger partial charge is 0.478 e. The van der Waals surface area contributed by atoms with E-state index >= 15 is 0 Å². The van der Waals surface area contributed by atoms with E-state index in [1.807, 2.05) is 37.5 Å². The standard InChI is InChI=1S/C13H14N2O3/c1-8-6-11(4-5-13(16)17)10(3)15(8)12-7-9(2)18-14-12/h4-7H,1-3H3,(H,16,17)/b5-4+. The number of rotatable bonds is 3. The zero-order chi connectivity index (χ0) is 13.3. The number of carboxylic acids is 1. The Kier molecular flexibility index (Phi) is 3.06. The van der Waals surface area contributed by atoms with E-state index in [-0.39, 0.29) is 0 Å². The summed E-state index contributed by atoms with van der Waals surface area (Å²) in [6.07, 6.45) is 2.70. The number of hydrogen-bond donors (Lipinski definition) is 1. The third kappa shape index (κ3) is 2.20. The summed E-state index contributed by atoms with van der Waals surface area (Å²) in [5, 5.41) is 12.6. The Morgan fingerprint density at radius 2 is 2.11 bits per heavy atom. The van der Waals surface area contributed by atoms with Crippen LogP contribution in [0.4, 0.5) is 0 Å². The molecule has 0 aliphatic rings. The lowest BCUT2D eigenvalue weighted by molar-refractivity contribution is -0.131. The first-order valence-corrected chi connectivity index (χ1v) is 5.52. The van der Waals surface area contributed by atoms with Gasteiger partial charge in [0.25, 0.3) is 0 Å². The Bertz CT molecular complexity index is 620. The fourth-order valence-electron chi connectivity index (χ4n) is 1.93. The average Bonchev–Trinajstić information content (AvgIpc) is 2.81. The molecular formula is C13H14N2O3. The van der Waals surface area contributed by atoms with Crippen molar-refractivity contribution in [2.45, 2.75) is 20.8 Å². The molecule has 0 unspecified atom stereocenters. The van der Waals surface area contributed by atoms with E-state index < -0.39 is 5.97 Å². The van der Waals surface area contributed by atoms with Crippen molar-refractivity contribution in [3.8, 4) is 5.82 Å². The molecule has 2 rings (SSSR count). The molecule has 0 spiro atoms. The van der Waals surface area contributed by atoms with Gasteiger partial charge >= 0.3 is 5.97 Å². The zero-order valence-corrected chi connectivity index (χ0v) is 10.5. The Hall–Kier alpha value is -2.30. The van der Waals surface area contributed by atoms with Gasteiger partial charge in [0.2, 0.25) is 0 Å². The molecule has 0 bridgehead atoms. The molecule has 0 aliphatic carbocycles. The first-order chi connectivity index (χ1) is 8.49. The highest BCUT2D eigenvalue weighted by molar-refractivity contribution is 5.85. The second-order valence-electron chi connectivity index (χ2n) is 4.13. The van der Waals surface area contributed by atoms with Gasteiger partial charge in [0, 0.05) is 23.5 Å². The maximum atomic E-state index is 10.5. The summed E-state index contributed by atoms with van der Waals surface area (Å²) < 4.78 is 6.98. The molecule has 0 saturated heterocycles. The molecule has 0 fully saturated rings. The quantitative estimate of drug-likeness (QED) is 0.845. The van der Waals surface area contributed by atoms with Crippen LogP contribution >= 0.6 is 0 Å². The fourth-order valence-corrected chi connectivity index (χ4v) is 1.93. The number of carboxylic acid groups (broad SMARTS) is 1. The van der Waals surface area contributed by atoms with Crippen molar-refractivity contribution in [1.29, 1.82) is 0 Å². The van der Waals surface area contributed by atoms with Crippen LogP contribution in [0.15, 0.2) is 22.7 Å². The van der Waals surface area contributed by atoms with E-state index in [1.54, 1.807) is 6.08 Å². The van der Waals surface area contributed by atoms with Gasteiger partial charge in [-0.1, -0.05) is 5.16 Å². The second-order valence-corrected chi connectivity index (χ2v) is 4.13. The van der Waals surface area contributed by atoms with Crippen molar-refractivity contribution >= 4 is 12.0 Å². The van der Waals surface area contributed by atoms with Crippen LogP contribution in [-0.2, 0) is 4.79 Å². The van der Waals surface area contributed by atoms with Crippen molar-refractivity contribution in [2.24, 2.45) is 0 Å². The highest BCUT2D eigenvalue weighted by Gasteiger charge is 2.12. The van der Waals surface area contributed by atoms with Crippen LogP contribution in [0.25, 0.3) is 11.9 Å². The van der Waals surface area contributed by atoms with E-state index in [1.165, 1.54) is 0 Å². The van der Waals surface area contributed by atoms with Crippen LogP contribution in [0, 0.1) is 20.8 Å². The normalized spacial score (nSPS) is 11.3. The molecular weight excluding hydrogens is 232 g/mol.